The summed E-state index contributed by atoms with van der Waals surface area (Å²) in [5.41, 5.74) is 3.95. The fraction of sp³-hybridized carbons (Fsp3) is 0.800. The lowest BCUT2D eigenvalue weighted by atomic mass is 9.93. The van der Waals surface area contributed by atoms with E-state index in [4.69, 9.17) is 0 Å². The molecule has 1 aliphatic heterocycles. The lowest BCUT2D eigenvalue weighted by molar-refractivity contribution is -0.129. The highest BCUT2D eigenvalue weighted by atomic mass is 16.2. The minimum Gasteiger partial charge on any atom is -0.343 e. The second-order valence-electron chi connectivity index (χ2n) is 3.76. The first kappa shape index (κ1) is 11.0. The molecular formula is C10H19N3O. The molecule has 14 heavy (non-hydrogen) atoms. The van der Waals surface area contributed by atoms with Gasteiger partial charge in [-0.2, -0.15) is 5.10 Å². The van der Waals surface area contributed by atoms with E-state index in [9.17, 15) is 4.79 Å². The Kier molecular flexibility index (Phi) is 3.92. The summed E-state index contributed by atoms with van der Waals surface area (Å²) in [5, 5.41) is 4.18. The summed E-state index contributed by atoms with van der Waals surface area (Å²) >= 11 is 0. The molecule has 0 aromatic carbocycles. The van der Waals surface area contributed by atoms with Crippen molar-refractivity contribution in [1.29, 1.82) is 0 Å². The number of hydrogen-bond donors (Lipinski definition) is 1. The van der Waals surface area contributed by atoms with Gasteiger partial charge in [0.2, 0.25) is 5.91 Å². The van der Waals surface area contributed by atoms with Crippen LogP contribution in [0.1, 0.15) is 26.7 Å². The third-order valence-electron chi connectivity index (χ3n) is 2.82. The van der Waals surface area contributed by atoms with Crippen LogP contribution in [-0.2, 0) is 4.79 Å². The molecule has 1 heterocycles. The summed E-state index contributed by atoms with van der Waals surface area (Å²) in [6.07, 6.45) is 2.08. The largest absolute Gasteiger partial charge is 0.343 e. The number of likely N-dealkylation sites (tertiary alicyclic amines) is 1. The van der Waals surface area contributed by atoms with Crippen LogP contribution in [0.5, 0.6) is 0 Å². The Labute approximate surface area is 85.4 Å². The van der Waals surface area contributed by atoms with Crippen LogP contribution >= 0.6 is 0 Å². The number of amides is 1. The molecule has 0 unspecified atom stereocenters. The molecule has 0 radical (unpaired) electrons. The van der Waals surface area contributed by atoms with Crippen molar-refractivity contribution < 1.29 is 4.79 Å². The van der Waals surface area contributed by atoms with Crippen LogP contribution in [-0.4, -0.2) is 36.7 Å². The monoisotopic (exact) mass is 197 g/mol. The van der Waals surface area contributed by atoms with Gasteiger partial charge in [0.15, 0.2) is 0 Å². The third kappa shape index (κ3) is 2.72. The van der Waals surface area contributed by atoms with Gasteiger partial charge in [-0.25, -0.2) is 0 Å². The molecule has 0 bridgehead atoms. The van der Waals surface area contributed by atoms with E-state index in [1.54, 1.807) is 6.92 Å². The molecule has 1 amide bonds. The average molecular weight is 197 g/mol. The molecule has 80 valence electrons. The van der Waals surface area contributed by atoms with Crippen LogP contribution in [0.3, 0.4) is 0 Å². The average Bonchev–Trinajstić information content (AvgIpc) is 2.18. The predicted octanol–water partition coefficient (Wildman–Crippen LogP) is 0.840. The highest BCUT2D eigenvalue weighted by Gasteiger charge is 2.22. The first-order chi connectivity index (χ1) is 6.65. The highest BCUT2D eigenvalue weighted by molar-refractivity contribution is 5.84. The van der Waals surface area contributed by atoms with Crippen molar-refractivity contribution in [2.24, 2.45) is 11.0 Å². The zero-order valence-electron chi connectivity index (χ0n) is 9.21. The van der Waals surface area contributed by atoms with Gasteiger partial charge in [-0.05, 0) is 19.8 Å². The number of piperidine rings is 1. The van der Waals surface area contributed by atoms with Crippen LogP contribution in [0, 0.1) is 5.92 Å². The standard InChI is InChI=1S/C10H19N3O/c1-8(12-11-3)10-4-6-13(7-5-10)9(2)14/h10-11H,4-7H2,1-3H3/b12-8+. The second-order valence-corrected chi connectivity index (χ2v) is 3.76. The first-order valence-electron chi connectivity index (χ1n) is 5.11. The molecular weight excluding hydrogens is 178 g/mol. The first-order valence-corrected chi connectivity index (χ1v) is 5.11. The van der Waals surface area contributed by atoms with Gasteiger partial charge >= 0.3 is 0 Å². The number of carbonyl (C=O) groups excluding carboxylic acids is 1. The number of hydrazone groups is 1. The minimum atomic E-state index is 0.187. The van der Waals surface area contributed by atoms with E-state index in [1.807, 2.05) is 18.9 Å². The van der Waals surface area contributed by atoms with Crippen LogP contribution < -0.4 is 5.43 Å². The molecule has 1 rings (SSSR count). The molecule has 0 atom stereocenters. The SMILES string of the molecule is CN/N=C(\C)C1CCN(C(C)=O)CC1. The molecule has 4 heteroatoms. The molecule has 1 fully saturated rings. The zero-order chi connectivity index (χ0) is 10.6. The normalized spacial score (nSPS) is 19.6. The van der Waals surface area contributed by atoms with Gasteiger partial charge in [0.05, 0.1) is 0 Å². The van der Waals surface area contributed by atoms with Crippen LogP contribution in [0.15, 0.2) is 5.10 Å². The van der Waals surface area contributed by atoms with Gasteiger partial charge in [0, 0.05) is 38.7 Å². The minimum absolute atomic E-state index is 0.187. The van der Waals surface area contributed by atoms with E-state index in [2.05, 4.69) is 10.5 Å². The molecule has 1 aliphatic rings. The molecule has 0 aliphatic carbocycles. The molecule has 4 nitrogen and oxygen atoms in total. The smallest absolute Gasteiger partial charge is 0.219 e. The maximum absolute atomic E-state index is 11.1. The van der Waals surface area contributed by atoms with Crippen molar-refractivity contribution in [2.45, 2.75) is 26.7 Å². The Hall–Kier alpha value is -1.06. The third-order valence-corrected chi connectivity index (χ3v) is 2.82. The molecule has 1 N–H and O–H groups in total. The Bertz CT molecular complexity index is 230. The van der Waals surface area contributed by atoms with E-state index in [0.29, 0.717) is 5.92 Å². The Balaban J connectivity index is 2.43. The van der Waals surface area contributed by atoms with Crippen molar-refractivity contribution in [3.63, 3.8) is 0 Å². The van der Waals surface area contributed by atoms with Crippen molar-refractivity contribution >= 4 is 11.6 Å². The van der Waals surface area contributed by atoms with Crippen molar-refractivity contribution in [2.75, 3.05) is 20.1 Å². The fourth-order valence-electron chi connectivity index (χ4n) is 1.88. The number of carbonyl (C=O) groups is 1. The summed E-state index contributed by atoms with van der Waals surface area (Å²) in [6.45, 7) is 5.42. The van der Waals surface area contributed by atoms with Gasteiger partial charge in [-0.1, -0.05) is 0 Å². The van der Waals surface area contributed by atoms with E-state index in [-0.39, 0.29) is 5.91 Å². The van der Waals surface area contributed by atoms with Gasteiger partial charge in [0.25, 0.3) is 0 Å². The molecule has 0 spiro atoms. The Morgan fingerprint density at radius 3 is 2.36 bits per heavy atom. The Morgan fingerprint density at radius 2 is 1.93 bits per heavy atom. The van der Waals surface area contributed by atoms with Gasteiger partial charge in [-0.3, -0.25) is 4.79 Å². The molecule has 0 aromatic rings. The van der Waals surface area contributed by atoms with Gasteiger partial charge < -0.3 is 10.3 Å². The van der Waals surface area contributed by atoms with Gasteiger partial charge in [-0.15, -0.1) is 0 Å². The number of nitrogens with one attached hydrogen (secondary N) is 1. The number of nitrogens with zero attached hydrogens (tertiary/aromatic N) is 2. The molecule has 0 aromatic heterocycles. The maximum Gasteiger partial charge on any atom is 0.219 e. The quantitative estimate of drug-likeness (QED) is 0.526. The van der Waals surface area contributed by atoms with Crippen molar-refractivity contribution in [1.82, 2.24) is 10.3 Å². The predicted molar refractivity (Wildman–Crippen MR) is 57.1 cm³/mol. The molecule has 0 saturated carbocycles. The highest BCUT2D eigenvalue weighted by Crippen LogP contribution is 2.18. The summed E-state index contributed by atoms with van der Waals surface area (Å²) in [7, 11) is 1.81. The van der Waals surface area contributed by atoms with Crippen LogP contribution in [0.2, 0.25) is 0 Å². The summed E-state index contributed by atoms with van der Waals surface area (Å²) in [4.78, 5) is 13.0. The van der Waals surface area contributed by atoms with Crippen molar-refractivity contribution in [3.8, 4) is 0 Å². The maximum atomic E-state index is 11.1. The summed E-state index contributed by atoms with van der Waals surface area (Å²) < 4.78 is 0. The van der Waals surface area contributed by atoms with E-state index >= 15 is 0 Å². The van der Waals surface area contributed by atoms with Crippen molar-refractivity contribution in [3.05, 3.63) is 0 Å². The Morgan fingerprint density at radius 1 is 1.36 bits per heavy atom. The molecule has 1 saturated heterocycles. The number of hydrogen-bond acceptors (Lipinski definition) is 3. The van der Waals surface area contributed by atoms with Crippen LogP contribution in [0.25, 0.3) is 0 Å². The summed E-state index contributed by atoms with van der Waals surface area (Å²) in [5.74, 6) is 0.727. The van der Waals surface area contributed by atoms with E-state index in [1.165, 1.54) is 0 Å². The zero-order valence-corrected chi connectivity index (χ0v) is 9.21. The lowest BCUT2D eigenvalue weighted by Crippen LogP contribution is -2.38. The van der Waals surface area contributed by atoms with Crippen LogP contribution in [0.4, 0.5) is 0 Å². The summed E-state index contributed by atoms with van der Waals surface area (Å²) in [6, 6.07) is 0. The fourth-order valence-corrected chi connectivity index (χ4v) is 1.88. The van der Waals surface area contributed by atoms with E-state index < -0.39 is 0 Å². The topological polar surface area (TPSA) is 44.7 Å². The van der Waals surface area contributed by atoms with E-state index in [0.717, 1.165) is 31.6 Å². The number of rotatable bonds is 2. The second kappa shape index (κ2) is 4.98. The lowest BCUT2D eigenvalue weighted by Gasteiger charge is -2.31. The van der Waals surface area contributed by atoms with Gasteiger partial charge in [0.1, 0.15) is 0 Å².